The Hall–Kier alpha value is -2.75. The van der Waals surface area contributed by atoms with Gasteiger partial charge in [-0.15, -0.1) is 0 Å². The van der Waals surface area contributed by atoms with Crippen molar-refractivity contribution in [2.75, 3.05) is 6.54 Å². The van der Waals surface area contributed by atoms with Crippen LogP contribution in [-0.2, 0) is 0 Å². The third-order valence-electron chi connectivity index (χ3n) is 6.00. The predicted molar refractivity (Wildman–Crippen MR) is 131 cm³/mol. The zero-order chi connectivity index (χ0) is 23.4. The number of hydrogen-bond acceptors (Lipinski definition) is 4. The highest BCUT2D eigenvalue weighted by Gasteiger charge is 2.28. The largest absolute Gasteiger partial charge is 0.360 e. The van der Waals surface area contributed by atoms with E-state index >= 15 is 0 Å². The average Bonchev–Trinajstić information content (AvgIpc) is 3.21. The lowest BCUT2D eigenvalue weighted by molar-refractivity contribution is 0.0901. The van der Waals surface area contributed by atoms with Gasteiger partial charge in [0.15, 0.2) is 0 Å². The van der Waals surface area contributed by atoms with Crippen LogP contribution in [-0.4, -0.2) is 29.6 Å². The molecule has 1 fully saturated rings. The molecule has 6 nitrogen and oxygen atoms in total. The van der Waals surface area contributed by atoms with Crippen LogP contribution in [0.2, 0.25) is 0 Å². The minimum absolute atomic E-state index is 0.0345. The number of aromatic nitrogens is 1. The van der Waals surface area contributed by atoms with Gasteiger partial charge in [0.2, 0.25) is 0 Å². The third-order valence-corrected chi connectivity index (χ3v) is 6.83. The summed E-state index contributed by atoms with van der Waals surface area (Å²) < 4.78 is 20.4. The van der Waals surface area contributed by atoms with E-state index in [1.807, 2.05) is 40.8 Å². The molecule has 172 valence electrons. The number of nitrogens with one attached hydrogen (secondary N) is 2. The van der Waals surface area contributed by atoms with E-state index in [9.17, 15) is 14.0 Å². The number of nitrogens with zero attached hydrogens (tertiary/aromatic N) is 1. The number of amides is 2. The molecule has 0 saturated heterocycles. The fourth-order valence-electron chi connectivity index (χ4n) is 4.30. The maximum Gasteiger partial charge on any atom is 0.257 e. The van der Waals surface area contributed by atoms with Crippen LogP contribution in [0.25, 0.3) is 11.3 Å². The Morgan fingerprint density at radius 2 is 1.91 bits per heavy atom. The molecule has 1 aliphatic rings. The van der Waals surface area contributed by atoms with Gasteiger partial charge in [-0.3, -0.25) is 9.59 Å². The molecule has 1 aliphatic carbocycles. The highest BCUT2D eigenvalue weighted by atomic mass is 127. The smallest absolute Gasteiger partial charge is 0.257 e. The van der Waals surface area contributed by atoms with Gasteiger partial charge in [-0.05, 0) is 79.0 Å². The second kappa shape index (κ2) is 10.5. The number of rotatable bonds is 6. The van der Waals surface area contributed by atoms with Gasteiger partial charge >= 0.3 is 0 Å². The average molecular weight is 561 g/mol. The molecule has 3 aromatic rings. The topological polar surface area (TPSA) is 84.2 Å². The number of benzene rings is 2. The number of carbonyl (C=O) groups is 2. The van der Waals surface area contributed by atoms with Crippen LogP contribution in [0.3, 0.4) is 0 Å². The van der Waals surface area contributed by atoms with Gasteiger partial charge < -0.3 is 15.2 Å². The Balaban J connectivity index is 1.40. The first kappa shape index (κ1) is 23.4. The van der Waals surface area contributed by atoms with Gasteiger partial charge in [0.05, 0.1) is 0 Å². The van der Waals surface area contributed by atoms with E-state index in [-0.39, 0.29) is 40.6 Å². The van der Waals surface area contributed by atoms with Crippen molar-refractivity contribution in [2.45, 2.75) is 38.6 Å². The number of hydrogen-bond donors (Lipinski definition) is 2. The summed E-state index contributed by atoms with van der Waals surface area (Å²) in [5, 5.41) is 10.1. The van der Waals surface area contributed by atoms with Crippen LogP contribution >= 0.6 is 22.6 Å². The molecular weight excluding hydrogens is 536 g/mol. The summed E-state index contributed by atoms with van der Waals surface area (Å²) in [4.78, 5) is 25.5. The maximum atomic E-state index is 14.7. The lowest BCUT2D eigenvalue weighted by Crippen LogP contribution is -2.41. The Labute approximate surface area is 205 Å². The quantitative estimate of drug-likeness (QED) is 0.410. The SMILES string of the molecule is Cc1onc(-c2cccc(I)c2F)c1C(=O)N[C@H]1CCC[C@@H](CNC(=O)c2ccccc2)C1. The van der Waals surface area contributed by atoms with Gasteiger partial charge in [-0.1, -0.05) is 35.8 Å². The Bertz CT molecular complexity index is 1150. The lowest BCUT2D eigenvalue weighted by atomic mass is 9.85. The van der Waals surface area contributed by atoms with E-state index in [2.05, 4.69) is 15.8 Å². The first-order valence-corrected chi connectivity index (χ1v) is 12.1. The monoisotopic (exact) mass is 561 g/mol. The fraction of sp³-hybridized carbons (Fsp3) is 0.320. The zero-order valence-electron chi connectivity index (χ0n) is 18.2. The second-order valence-corrected chi connectivity index (χ2v) is 9.51. The molecule has 2 amide bonds. The van der Waals surface area contributed by atoms with Crippen LogP contribution < -0.4 is 10.6 Å². The molecule has 2 atom stereocenters. The van der Waals surface area contributed by atoms with Crippen LogP contribution in [0.5, 0.6) is 0 Å². The molecule has 8 heteroatoms. The van der Waals surface area contributed by atoms with Crippen molar-refractivity contribution >= 4 is 34.4 Å². The van der Waals surface area contributed by atoms with E-state index in [1.54, 1.807) is 37.3 Å². The summed E-state index contributed by atoms with van der Waals surface area (Å²) >= 11 is 1.91. The molecule has 1 heterocycles. The number of carbonyl (C=O) groups excluding carboxylic acids is 2. The van der Waals surface area contributed by atoms with Crippen LogP contribution in [0.4, 0.5) is 4.39 Å². The molecule has 0 radical (unpaired) electrons. The molecular formula is C25H25FIN3O3. The van der Waals surface area contributed by atoms with E-state index in [1.165, 1.54) is 0 Å². The summed E-state index contributed by atoms with van der Waals surface area (Å²) in [6.45, 7) is 2.21. The first-order valence-electron chi connectivity index (χ1n) is 11.0. The second-order valence-electron chi connectivity index (χ2n) is 8.34. The van der Waals surface area contributed by atoms with Crippen LogP contribution in [0.15, 0.2) is 53.1 Å². The summed E-state index contributed by atoms with van der Waals surface area (Å²) in [6.07, 6.45) is 3.56. The zero-order valence-corrected chi connectivity index (χ0v) is 20.4. The molecule has 0 spiro atoms. The van der Waals surface area contributed by atoms with Crippen molar-refractivity contribution in [2.24, 2.45) is 5.92 Å². The minimum Gasteiger partial charge on any atom is -0.360 e. The van der Waals surface area contributed by atoms with Gasteiger partial charge in [0, 0.05) is 27.3 Å². The number of aryl methyl sites for hydroxylation is 1. The lowest BCUT2D eigenvalue weighted by Gasteiger charge is -2.30. The summed E-state index contributed by atoms with van der Waals surface area (Å²) in [7, 11) is 0. The van der Waals surface area contributed by atoms with Crippen LogP contribution in [0.1, 0.15) is 52.2 Å². The minimum atomic E-state index is -0.424. The summed E-state index contributed by atoms with van der Waals surface area (Å²) in [5.41, 5.74) is 1.35. The first-order chi connectivity index (χ1) is 15.9. The van der Waals surface area contributed by atoms with E-state index in [4.69, 9.17) is 4.52 Å². The standard InChI is InChI=1S/C25H25FIN3O3/c1-15-21(23(30-33-15)19-11-6-12-20(27)22(19)26)25(32)29-18-10-5-7-16(13-18)14-28-24(31)17-8-3-2-4-9-17/h2-4,6,8-9,11-12,16,18H,5,7,10,13-14H2,1H3,(H,28,31)(H,29,32)/t16-,18+/m1/s1. The van der Waals surface area contributed by atoms with E-state index in [0.717, 1.165) is 25.7 Å². The molecule has 1 saturated carbocycles. The Morgan fingerprint density at radius 3 is 2.70 bits per heavy atom. The summed E-state index contributed by atoms with van der Waals surface area (Å²) in [5.74, 6) is -0.213. The van der Waals surface area contributed by atoms with Gasteiger partial charge in [-0.25, -0.2) is 4.39 Å². The van der Waals surface area contributed by atoms with Crippen molar-refractivity contribution in [3.63, 3.8) is 0 Å². The Morgan fingerprint density at radius 1 is 1.12 bits per heavy atom. The van der Waals surface area contributed by atoms with E-state index in [0.29, 0.717) is 21.4 Å². The van der Waals surface area contributed by atoms with Gasteiger partial charge in [-0.2, -0.15) is 0 Å². The van der Waals surface area contributed by atoms with Crippen LogP contribution in [0, 0.1) is 22.2 Å². The van der Waals surface area contributed by atoms with E-state index < -0.39 is 5.82 Å². The highest BCUT2D eigenvalue weighted by Crippen LogP contribution is 2.30. The van der Waals surface area contributed by atoms with Crippen molar-refractivity contribution in [3.8, 4) is 11.3 Å². The number of halogens is 2. The molecule has 1 aromatic heterocycles. The predicted octanol–water partition coefficient (Wildman–Crippen LogP) is 5.11. The molecule has 0 aliphatic heterocycles. The summed E-state index contributed by atoms with van der Waals surface area (Å²) in [6, 6.07) is 14.1. The maximum absolute atomic E-state index is 14.7. The normalized spacial score (nSPS) is 18.0. The third kappa shape index (κ3) is 5.43. The van der Waals surface area contributed by atoms with Gasteiger partial charge in [0.1, 0.15) is 22.8 Å². The van der Waals surface area contributed by atoms with Crippen molar-refractivity contribution in [3.05, 3.63) is 74.8 Å². The van der Waals surface area contributed by atoms with Crippen molar-refractivity contribution < 1.29 is 18.5 Å². The molecule has 2 aromatic carbocycles. The van der Waals surface area contributed by atoms with Gasteiger partial charge in [0.25, 0.3) is 11.8 Å². The Kier molecular flexibility index (Phi) is 7.42. The molecule has 0 unspecified atom stereocenters. The molecule has 33 heavy (non-hydrogen) atoms. The molecule has 2 N–H and O–H groups in total. The highest BCUT2D eigenvalue weighted by molar-refractivity contribution is 14.1. The molecule has 0 bridgehead atoms. The molecule has 4 rings (SSSR count). The van der Waals surface area contributed by atoms with Crippen molar-refractivity contribution in [1.82, 2.24) is 15.8 Å². The van der Waals surface area contributed by atoms with Crippen molar-refractivity contribution in [1.29, 1.82) is 0 Å². The fourth-order valence-corrected chi connectivity index (χ4v) is 4.80.